The van der Waals surface area contributed by atoms with Gasteiger partial charge in [-0.2, -0.15) is 0 Å². The van der Waals surface area contributed by atoms with Gasteiger partial charge in [0.15, 0.2) is 11.6 Å². The van der Waals surface area contributed by atoms with E-state index in [0.717, 1.165) is 22.7 Å². The predicted molar refractivity (Wildman–Crippen MR) is 71.6 cm³/mol. The van der Waals surface area contributed by atoms with Crippen molar-refractivity contribution in [3.8, 4) is 16.3 Å². The number of thiazole rings is 1. The Labute approximate surface area is 109 Å². The van der Waals surface area contributed by atoms with E-state index in [4.69, 9.17) is 10.5 Å². The van der Waals surface area contributed by atoms with Crippen molar-refractivity contribution in [2.24, 2.45) is 5.73 Å². The molecule has 5 heteroatoms. The van der Waals surface area contributed by atoms with Crippen LogP contribution >= 0.6 is 11.3 Å². The van der Waals surface area contributed by atoms with Crippen molar-refractivity contribution >= 4 is 11.3 Å². The van der Waals surface area contributed by atoms with Gasteiger partial charge in [0, 0.05) is 10.4 Å². The summed E-state index contributed by atoms with van der Waals surface area (Å²) in [6.45, 7) is 2.57. The zero-order valence-corrected chi connectivity index (χ0v) is 11.2. The molecule has 0 saturated carbocycles. The van der Waals surface area contributed by atoms with E-state index >= 15 is 0 Å². The van der Waals surface area contributed by atoms with E-state index in [1.54, 1.807) is 23.5 Å². The molecule has 0 saturated heterocycles. The molecule has 0 aliphatic carbocycles. The number of hydrogen-bond acceptors (Lipinski definition) is 4. The van der Waals surface area contributed by atoms with Crippen LogP contribution in [0.4, 0.5) is 4.39 Å². The van der Waals surface area contributed by atoms with Gasteiger partial charge in [0.25, 0.3) is 0 Å². The van der Waals surface area contributed by atoms with Crippen LogP contribution in [0.5, 0.6) is 5.75 Å². The number of aromatic nitrogens is 1. The summed E-state index contributed by atoms with van der Waals surface area (Å²) in [4.78, 5) is 5.67. The van der Waals surface area contributed by atoms with Crippen LogP contribution in [0.15, 0.2) is 18.2 Å². The van der Waals surface area contributed by atoms with Gasteiger partial charge < -0.3 is 10.5 Å². The summed E-state index contributed by atoms with van der Waals surface area (Å²) in [6.07, 6.45) is 0.821. The Morgan fingerprint density at radius 1 is 1.44 bits per heavy atom. The maximum absolute atomic E-state index is 13.3. The number of rotatable bonds is 4. The van der Waals surface area contributed by atoms with Crippen LogP contribution in [0.3, 0.4) is 0 Å². The van der Waals surface area contributed by atoms with Crippen molar-refractivity contribution in [3.05, 3.63) is 34.6 Å². The Bertz CT molecular complexity index is 554. The first-order valence-corrected chi connectivity index (χ1v) is 6.47. The van der Waals surface area contributed by atoms with Crippen molar-refractivity contribution in [1.29, 1.82) is 0 Å². The Morgan fingerprint density at radius 2 is 2.22 bits per heavy atom. The molecule has 1 heterocycles. The van der Waals surface area contributed by atoms with Gasteiger partial charge in [0.2, 0.25) is 0 Å². The molecule has 0 bridgehead atoms. The summed E-state index contributed by atoms with van der Waals surface area (Å²) in [5, 5.41) is 0.870. The zero-order chi connectivity index (χ0) is 13.1. The molecule has 2 aromatic rings. The highest BCUT2D eigenvalue weighted by Gasteiger charge is 2.11. The average Bonchev–Trinajstić information content (AvgIpc) is 2.72. The molecule has 1 aromatic heterocycles. The van der Waals surface area contributed by atoms with Crippen LogP contribution < -0.4 is 10.5 Å². The fourth-order valence-electron chi connectivity index (χ4n) is 1.71. The molecule has 2 N–H and O–H groups in total. The lowest BCUT2D eigenvalue weighted by Crippen LogP contribution is -2.01. The third-order valence-electron chi connectivity index (χ3n) is 2.66. The van der Waals surface area contributed by atoms with Crippen molar-refractivity contribution in [3.63, 3.8) is 0 Å². The fourth-order valence-corrected chi connectivity index (χ4v) is 2.78. The largest absolute Gasteiger partial charge is 0.494 e. The maximum Gasteiger partial charge on any atom is 0.165 e. The number of nitrogens with zero attached hydrogens (tertiary/aromatic N) is 1. The highest BCUT2D eigenvalue weighted by Crippen LogP contribution is 2.31. The minimum absolute atomic E-state index is 0.237. The van der Waals surface area contributed by atoms with E-state index in [9.17, 15) is 4.39 Å². The zero-order valence-electron chi connectivity index (χ0n) is 10.4. The van der Waals surface area contributed by atoms with Crippen LogP contribution in [0.2, 0.25) is 0 Å². The molecule has 0 atom stereocenters. The first-order valence-electron chi connectivity index (χ1n) is 5.66. The topological polar surface area (TPSA) is 48.1 Å². The second-order valence-electron chi connectivity index (χ2n) is 3.92. The molecule has 0 aliphatic heterocycles. The van der Waals surface area contributed by atoms with E-state index in [0.29, 0.717) is 6.54 Å². The Hall–Kier alpha value is -1.46. The van der Waals surface area contributed by atoms with E-state index in [1.807, 2.05) is 6.92 Å². The minimum Gasteiger partial charge on any atom is -0.494 e. The summed E-state index contributed by atoms with van der Waals surface area (Å²) in [7, 11) is 1.45. The summed E-state index contributed by atoms with van der Waals surface area (Å²) in [6, 6.07) is 4.77. The smallest absolute Gasteiger partial charge is 0.165 e. The number of benzene rings is 1. The summed E-state index contributed by atoms with van der Waals surface area (Å²) in [5.41, 5.74) is 7.41. The lowest BCUT2D eigenvalue weighted by molar-refractivity contribution is 0.387. The number of nitrogens with two attached hydrogens (primary N) is 1. The van der Waals surface area contributed by atoms with Crippen LogP contribution in [0.25, 0.3) is 10.6 Å². The second-order valence-corrected chi connectivity index (χ2v) is 5.00. The Kier molecular flexibility index (Phi) is 3.93. The fraction of sp³-hybridized carbons (Fsp3) is 0.308. The lowest BCUT2D eigenvalue weighted by atomic mass is 10.2. The second kappa shape index (κ2) is 5.46. The molecule has 0 fully saturated rings. The molecule has 18 heavy (non-hydrogen) atoms. The molecule has 0 radical (unpaired) electrons. The van der Waals surface area contributed by atoms with Crippen molar-refractivity contribution in [2.75, 3.05) is 13.7 Å². The molecular formula is C13H15FN2OS. The van der Waals surface area contributed by atoms with Gasteiger partial charge >= 0.3 is 0 Å². The van der Waals surface area contributed by atoms with Crippen LogP contribution in [-0.2, 0) is 6.42 Å². The highest BCUT2D eigenvalue weighted by atomic mass is 32.1. The molecule has 2 rings (SSSR count). The molecule has 0 amide bonds. The lowest BCUT2D eigenvalue weighted by Gasteiger charge is -2.03. The first kappa shape index (κ1) is 13.0. The van der Waals surface area contributed by atoms with Gasteiger partial charge in [-0.3, -0.25) is 0 Å². The van der Waals surface area contributed by atoms with Gasteiger partial charge in [0.1, 0.15) is 5.01 Å². The SMILES string of the molecule is COc1cc(-c2nc(C)c(CCN)s2)ccc1F. The van der Waals surface area contributed by atoms with Crippen LogP contribution in [0, 0.1) is 12.7 Å². The summed E-state index contributed by atoms with van der Waals surface area (Å²) < 4.78 is 18.3. The molecule has 3 nitrogen and oxygen atoms in total. The van der Waals surface area contributed by atoms with Crippen LogP contribution in [0.1, 0.15) is 10.6 Å². The number of methoxy groups -OCH3 is 1. The highest BCUT2D eigenvalue weighted by molar-refractivity contribution is 7.15. The molecule has 1 aromatic carbocycles. The summed E-state index contributed by atoms with van der Waals surface area (Å²) >= 11 is 1.59. The first-order chi connectivity index (χ1) is 8.65. The van der Waals surface area contributed by atoms with Gasteiger partial charge in [-0.1, -0.05) is 0 Å². The number of hydrogen-bond donors (Lipinski definition) is 1. The van der Waals surface area contributed by atoms with Crippen molar-refractivity contribution < 1.29 is 9.13 Å². The van der Waals surface area contributed by atoms with E-state index < -0.39 is 0 Å². The number of aryl methyl sites for hydroxylation is 1. The quantitative estimate of drug-likeness (QED) is 0.925. The predicted octanol–water partition coefficient (Wildman–Crippen LogP) is 2.77. The Morgan fingerprint density at radius 3 is 2.89 bits per heavy atom. The monoisotopic (exact) mass is 266 g/mol. The Balaban J connectivity index is 2.39. The number of ether oxygens (including phenoxy) is 1. The van der Waals surface area contributed by atoms with Gasteiger partial charge in [-0.15, -0.1) is 11.3 Å². The maximum atomic E-state index is 13.3. The number of halogens is 1. The molecule has 96 valence electrons. The van der Waals surface area contributed by atoms with Gasteiger partial charge in [-0.05, 0) is 38.1 Å². The molecular weight excluding hydrogens is 251 g/mol. The molecule has 0 spiro atoms. The normalized spacial score (nSPS) is 10.7. The molecule has 0 aliphatic rings. The molecule has 0 unspecified atom stereocenters. The summed E-state index contributed by atoms with van der Waals surface area (Å²) in [5.74, 6) is -0.127. The van der Waals surface area contributed by atoms with Crippen molar-refractivity contribution in [2.45, 2.75) is 13.3 Å². The van der Waals surface area contributed by atoms with Crippen LogP contribution in [-0.4, -0.2) is 18.6 Å². The minimum atomic E-state index is -0.364. The van der Waals surface area contributed by atoms with Crippen molar-refractivity contribution in [1.82, 2.24) is 4.98 Å². The standard InChI is InChI=1S/C13H15FN2OS/c1-8-12(5-6-15)18-13(16-8)9-3-4-10(14)11(7-9)17-2/h3-4,7H,5-6,15H2,1-2H3. The van der Waals surface area contributed by atoms with E-state index in [-0.39, 0.29) is 11.6 Å². The third-order valence-corrected chi connectivity index (χ3v) is 3.93. The van der Waals surface area contributed by atoms with E-state index in [1.165, 1.54) is 18.1 Å². The van der Waals surface area contributed by atoms with E-state index in [2.05, 4.69) is 4.98 Å². The third kappa shape index (κ3) is 2.52. The van der Waals surface area contributed by atoms with Gasteiger partial charge in [0.05, 0.1) is 12.8 Å². The average molecular weight is 266 g/mol. The van der Waals surface area contributed by atoms with Gasteiger partial charge in [-0.25, -0.2) is 9.37 Å².